The number of nitrogens with zero attached hydrogens (tertiary/aromatic N) is 3. The van der Waals surface area contributed by atoms with Crippen LogP contribution in [-0.2, 0) is 17.1 Å². The van der Waals surface area contributed by atoms with Crippen LogP contribution in [0.4, 0.5) is 0 Å². The van der Waals surface area contributed by atoms with Gasteiger partial charge in [0.1, 0.15) is 5.82 Å². The minimum atomic E-state index is -3.46. The Balaban J connectivity index is 2.32. The maximum Gasteiger partial charge on any atom is 0.262 e. The second kappa shape index (κ2) is 4.01. The Labute approximate surface area is 100 Å². The Hall–Kier alpha value is -0.590. The zero-order valence-corrected chi connectivity index (χ0v) is 10.8. The lowest BCUT2D eigenvalue weighted by atomic mass is 10.4. The zero-order valence-electron chi connectivity index (χ0n) is 9.22. The molecule has 1 aromatic heterocycles. The minimum Gasteiger partial charge on any atom is -0.337 e. The number of hydrogen-bond acceptors (Lipinski definition) is 3. The van der Waals surface area contributed by atoms with Gasteiger partial charge in [0.2, 0.25) is 0 Å². The van der Waals surface area contributed by atoms with Crippen LogP contribution in [-0.4, -0.2) is 40.7 Å². The van der Waals surface area contributed by atoms with Gasteiger partial charge in [0, 0.05) is 31.7 Å². The summed E-state index contributed by atoms with van der Waals surface area (Å²) in [6, 6.07) is 0. The predicted molar refractivity (Wildman–Crippen MR) is 61.0 cm³/mol. The number of sulfonamides is 1. The standard InChI is InChI=1S/C9H14ClN3O2S/c1-7-11-9(6-12(7)2)16(14,15)13-4-3-8(10)5-13/h6,8H,3-5H2,1-2H3. The van der Waals surface area contributed by atoms with Gasteiger partial charge in [-0.2, -0.15) is 4.31 Å². The summed E-state index contributed by atoms with van der Waals surface area (Å²) in [5, 5.41) is 0.0258. The molecule has 0 aliphatic carbocycles. The van der Waals surface area contributed by atoms with E-state index in [0.29, 0.717) is 25.3 Å². The van der Waals surface area contributed by atoms with Crippen molar-refractivity contribution in [1.29, 1.82) is 0 Å². The monoisotopic (exact) mass is 263 g/mol. The fourth-order valence-electron chi connectivity index (χ4n) is 1.69. The summed E-state index contributed by atoms with van der Waals surface area (Å²) in [6.07, 6.45) is 2.23. The first-order valence-electron chi connectivity index (χ1n) is 5.05. The SMILES string of the molecule is Cc1nc(S(=O)(=O)N2CCC(Cl)C2)cn1C. The van der Waals surface area contributed by atoms with Gasteiger partial charge in [-0.05, 0) is 13.3 Å². The highest BCUT2D eigenvalue weighted by Crippen LogP contribution is 2.22. The molecule has 7 heteroatoms. The largest absolute Gasteiger partial charge is 0.337 e. The summed E-state index contributed by atoms with van der Waals surface area (Å²) in [6.45, 7) is 2.62. The highest BCUT2D eigenvalue weighted by Gasteiger charge is 2.33. The zero-order chi connectivity index (χ0) is 11.9. The third kappa shape index (κ3) is 1.97. The van der Waals surface area contributed by atoms with Crippen LogP contribution in [0.25, 0.3) is 0 Å². The van der Waals surface area contributed by atoms with Crippen molar-refractivity contribution in [2.75, 3.05) is 13.1 Å². The van der Waals surface area contributed by atoms with Crippen LogP contribution >= 0.6 is 11.6 Å². The molecule has 1 unspecified atom stereocenters. The first kappa shape index (κ1) is 11.9. The van der Waals surface area contributed by atoms with Gasteiger partial charge in [-0.3, -0.25) is 0 Å². The summed E-state index contributed by atoms with van der Waals surface area (Å²) in [5.74, 6) is 0.681. The number of aromatic nitrogens is 2. The highest BCUT2D eigenvalue weighted by molar-refractivity contribution is 7.89. The lowest BCUT2D eigenvalue weighted by Gasteiger charge is -2.13. The number of halogens is 1. The predicted octanol–water partition coefficient (Wildman–Crippen LogP) is 0.730. The van der Waals surface area contributed by atoms with E-state index >= 15 is 0 Å². The van der Waals surface area contributed by atoms with E-state index in [1.165, 1.54) is 10.5 Å². The molecule has 1 saturated heterocycles. The lowest BCUT2D eigenvalue weighted by Crippen LogP contribution is -2.29. The number of aryl methyl sites for hydroxylation is 2. The first-order valence-corrected chi connectivity index (χ1v) is 6.93. The topological polar surface area (TPSA) is 55.2 Å². The van der Waals surface area contributed by atoms with Crippen molar-refractivity contribution in [2.24, 2.45) is 7.05 Å². The number of alkyl halides is 1. The van der Waals surface area contributed by atoms with Crippen LogP contribution in [0.15, 0.2) is 11.2 Å². The molecule has 0 amide bonds. The molecule has 0 bridgehead atoms. The highest BCUT2D eigenvalue weighted by atomic mass is 35.5. The van der Waals surface area contributed by atoms with E-state index in [0.717, 1.165) is 0 Å². The van der Waals surface area contributed by atoms with Crippen LogP contribution in [0.1, 0.15) is 12.2 Å². The quantitative estimate of drug-likeness (QED) is 0.740. The van der Waals surface area contributed by atoms with Crippen LogP contribution in [0, 0.1) is 6.92 Å². The van der Waals surface area contributed by atoms with Crippen molar-refractivity contribution >= 4 is 21.6 Å². The summed E-state index contributed by atoms with van der Waals surface area (Å²) >= 11 is 5.91. The molecule has 1 fully saturated rings. The average Bonchev–Trinajstić information content (AvgIpc) is 2.75. The molecule has 0 spiro atoms. The lowest BCUT2D eigenvalue weighted by molar-refractivity contribution is 0.475. The summed E-state index contributed by atoms with van der Waals surface area (Å²) in [4.78, 5) is 4.04. The molecule has 5 nitrogen and oxygen atoms in total. The normalized spacial score (nSPS) is 22.8. The van der Waals surface area contributed by atoms with E-state index in [9.17, 15) is 8.42 Å². The van der Waals surface area contributed by atoms with Crippen molar-refractivity contribution in [2.45, 2.75) is 23.7 Å². The average molecular weight is 264 g/mol. The van der Waals surface area contributed by atoms with E-state index in [4.69, 9.17) is 11.6 Å². The number of imidazole rings is 1. The maximum atomic E-state index is 12.1. The Morgan fingerprint density at radius 2 is 2.25 bits per heavy atom. The van der Waals surface area contributed by atoms with Gasteiger partial charge in [-0.15, -0.1) is 11.6 Å². The molecule has 2 rings (SSSR count). The fourth-order valence-corrected chi connectivity index (χ4v) is 3.56. The summed E-state index contributed by atoms with van der Waals surface area (Å²) in [5.41, 5.74) is 0. The van der Waals surface area contributed by atoms with Gasteiger partial charge in [0.05, 0.1) is 0 Å². The fraction of sp³-hybridized carbons (Fsp3) is 0.667. The molecule has 90 valence electrons. The van der Waals surface area contributed by atoms with Crippen LogP contribution in [0.3, 0.4) is 0 Å². The molecule has 16 heavy (non-hydrogen) atoms. The molecule has 0 radical (unpaired) electrons. The summed E-state index contributed by atoms with van der Waals surface area (Å²) in [7, 11) is -1.68. The van der Waals surface area contributed by atoms with E-state index in [-0.39, 0.29) is 10.4 Å². The smallest absolute Gasteiger partial charge is 0.262 e. The van der Waals surface area contributed by atoms with Gasteiger partial charge < -0.3 is 4.57 Å². The number of hydrogen-bond donors (Lipinski definition) is 0. The first-order chi connectivity index (χ1) is 7.41. The molecule has 0 saturated carbocycles. The number of rotatable bonds is 2. The summed E-state index contributed by atoms with van der Waals surface area (Å²) < 4.78 is 27.4. The van der Waals surface area contributed by atoms with Gasteiger partial charge in [0.15, 0.2) is 5.03 Å². The Morgan fingerprint density at radius 1 is 1.56 bits per heavy atom. The van der Waals surface area contributed by atoms with Crippen molar-refractivity contribution < 1.29 is 8.42 Å². The van der Waals surface area contributed by atoms with E-state index in [1.54, 1.807) is 18.5 Å². The minimum absolute atomic E-state index is 0.0837. The van der Waals surface area contributed by atoms with Crippen molar-refractivity contribution in [1.82, 2.24) is 13.9 Å². The van der Waals surface area contributed by atoms with Gasteiger partial charge >= 0.3 is 0 Å². The molecule has 1 aliphatic heterocycles. The Morgan fingerprint density at radius 3 is 2.69 bits per heavy atom. The molecular formula is C9H14ClN3O2S. The molecule has 2 heterocycles. The van der Waals surface area contributed by atoms with Gasteiger partial charge in [-0.25, -0.2) is 13.4 Å². The molecule has 1 aromatic rings. The second-order valence-electron chi connectivity index (χ2n) is 3.99. The second-order valence-corrected chi connectivity index (χ2v) is 6.49. The molecule has 1 aliphatic rings. The molecular weight excluding hydrogens is 250 g/mol. The Kier molecular flexibility index (Phi) is 2.98. The third-order valence-corrected chi connectivity index (χ3v) is 4.88. The molecule has 0 N–H and O–H groups in total. The van der Waals surface area contributed by atoms with Crippen molar-refractivity contribution in [3.63, 3.8) is 0 Å². The maximum absolute atomic E-state index is 12.1. The van der Waals surface area contributed by atoms with Crippen LogP contribution in [0.2, 0.25) is 0 Å². The molecule has 1 atom stereocenters. The van der Waals surface area contributed by atoms with Crippen LogP contribution in [0.5, 0.6) is 0 Å². The van der Waals surface area contributed by atoms with E-state index < -0.39 is 10.0 Å². The van der Waals surface area contributed by atoms with Crippen molar-refractivity contribution in [3.05, 3.63) is 12.0 Å². The third-order valence-electron chi connectivity index (χ3n) is 2.78. The van der Waals surface area contributed by atoms with E-state index in [2.05, 4.69) is 4.98 Å². The van der Waals surface area contributed by atoms with E-state index in [1.807, 2.05) is 0 Å². The molecule has 0 aromatic carbocycles. The Bertz CT molecular complexity index is 477. The van der Waals surface area contributed by atoms with Crippen LogP contribution < -0.4 is 0 Å². The van der Waals surface area contributed by atoms with Crippen molar-refractivity contribution in [3.8, 4) is 0 Å². The van der Waals surface area contributed by atoms with Gasteiger partial charge in [-0.1, -0.05) is 0 Å². The van der Waals surface area contributed by atoms with Gasteiger partial charge in [0.25, 0.3) is 10.0 Å².